The van der Waals surface area contributed by atoms with Crippen molar-refractivity contribution in [3.8, 4) is 11.5 Å². The van der Waals surface area contributed by atoms with Crippen LogP contribution >= 0.6 is 12.2 Å². The molecule has 0 amide bonds. The molecule has 8 heteroatoms. The van der Waals surface area contributed by atoms with E-state index in [9.17, 15) is 4.79 Å². The summed E-state index contributed by atoms with van der Waals surface area (Å²) < 4.78 is 17.2. The van der Waals surface area contributed by atoms with Crippen LogP contribution in [0, 0.1) is 20.8 Å². The summed E-state index contributed by atoms with van der Waals surface area (Å²) >= 11 is 5.59. The highest BCUT2D eigenvalue weighted by Gasteiger charge is 2.40. The van der Waals surface area contributed by atoms with E-state index >= 15 is 0 Å². The van der Waals surface area contributed by atoms with Crippen molar-refractivity contribution in [2.24, 2.45) is 5.10 Å². The minimum Gasteiger partial charge on any atom is -0.486 e. The second-order valence-electron chi connectivity index (χ2n) is 9.67. The molecule has 1 fully saturated rings. The van der Waals surface area contributed by atoms with Crippen LogP contribution in [0.15, 0.2) is 35.4 Å². The van der Waals surface area contributed by atoms with Crippen molar-refractivity contribution in [1.29, 1.82) is 0 Å². The van der Waals surface area contributed by atoms with Gasteiger partial charge in [0.25, 0.3) is 0 Å². The van der Waals surface area contributed by atoms with Crippen LogP contribution in [0.25, 0.3) is 0 Å². The highest BCUT2D eigenvalue weighted by atomic mass is 32.1. The van der Waals surface area contributed by atoms with Gasteiger partial charge in [0.05, 0.1) is 12.3 Å². The van der Waals surface area contributed by atoms with Gasteiger partial charge in [-0.3, -0.25) is 5.43 Å². The molecule has 0 saturated heterocycles. The number of thiocarbonyl (C=S) groups is 1. The van der Waals surface area contributed by atoms with E-state index in [2.05, 4.69) is 43.6 Å². The van der Waals surface area contributed by atoms with Gasteiger partial charge in [-0.05, 0) is 94.9 Å². The number of esters is 1. The summed E-state index contributed by atoms with van der Waals surface area (Å²) in [5, 5.41) is 8.48. The SMILES string of the molecule is CCOC(=O)COc1ccc2c(c1)/C(=N\NC(=S)Nc1c(C)cc(C)cc1C)CC1(CCCCC1)O2. The number of nitrogens with zero attached hydrogens (tertiary/aromatic N) is 1. The lowest BCUT2D eigenvalue weighted by atomic mass is 9.78. The average molecular weight is 510 g/mol. The Balaban J connectivity index is 1.56. The van der Waals surface area contributed by atoms with Gasteiger partial charge in [-0.2, -0.15) is 5.10 Å². The van der Waals surface area contributed by atoms with Crippen molar-refractivity contribution in [2.75, 3.05) is 18.5 Å². The molecule has 4 rings (SSSR count). The zero-order chi connectivity index (χ0) is 25.7. The zero-order valence-electron chi connectivity index (χ0n) is 21.5. The summed E-state index contributed by atoms with van der Waals surface area (Å²) in [7, 11) is 0. The molecule has 7 nitrogen and oxygen atoms in total. The van der Waals surface area contributed by atoms with Crippen LogP contribution in [0.2, 0.25) is 0 Å². The molecule has 2 N–H and O–H groups in total. The van der Waals surface area contributed by atoms with E-state index < -0.39 is 5.97 Å². The van der Waals surface area contributed by atoms with Gasteiger partial charge in [-0.25, -0.2) is 4.79 Å². The maximum Gasteiger partial charge on any atom is 0.344 e. The summed E-state index contributed by atoms with van der Waals surface area (Å²) in [6.45, 7) is 8.16. The number of rotatable bonds is 6. The van der Waals surface area contributed by atoms with Crippen LogP contribution in [0.3, 0.4) is 0 Å². The number of hydrogen-bond donors (Lipinski definition) is 2. The number of benzene rings is 2. The fourth-order valence-electron chi connectivity index (χ4n) is 5.14. The molecule has 2 aromatic carbocycles. The first kappa shape index (κ1) is 25.9. The van der Waals surface area contributed by atoms with Gasteiger partial charge in [-0.1, -0.05) is 24.1 Å². The van der Waals surface area contributed by atoms with Crippen molar-refractivity contribution < 1.29 is 19.0 Å². The van der Waals surface area contributed by atoms with Gasteiger partial charge >= 0.3 is 5.97 Å². The van der Waals surface area contributed by atoms with E-state index in [1.54, 1.807) is 6.92 Å². The van der Waals surface area contributed by atoms with Gasteiger partial charge in [0.2, 0.25) is 0 Å². The molecule has 0 unspecified atom stereocenters. The van der Waals surface area contributed by atoms with Crippen molar-refractivity contribution in [3.05, 3.63) is 52.6 Å². The molecule has 1 aliphatic heterocycles. The average Bonchev–Trinajstić information content (AvgIpc) is 2.84. The fraction of sp³-hybridized carbons (Fsp3) is 0.464. The molecule has 36 heavy (non-hydrogen) atoms. The number of carbonyl (C=O) groups excluding carboxylic acids is 1. The minimum atomic E-state index is -0.402. The molecule has 0 radical (unpaired) electrons. The molecule has 1 aliphatic carbocycles. The lowest BCUT2D eigenvalue weighted by molar-refractivity contribution is -0.145. The molecule has 2 aromatic rings. The number of ether oxygens (including phenoxy) is 3. The molecule has 1 spiro atoms. The standard InChI is InChI=1S/C28H35N3O4S/c1-5-33-25(32)17-34-21-9-10-24-22(15-21)23(16-28(35-24)11-7-6-8-12-28)30-31-27(36)29-26-19(3)13-18(2)14-20(26)4/h9-10,13-15H,5-8,11-12,16-17H2,1-4H3,(H2,29,31,36)/b30-23-. The third kappa shape index (κ3) is 6.16. The van der Waals surface area contributed by atoms with Gasteiger partial charge in [0, 0.05) is 17.7 Å². The number of fused-ring (bicyclic) bond motifs is 1. The number of anilines is 1. The highest BCUT2D eigenvalue weighted by molar-refractivity contribution is 7.80. The largest absolute Gasteiger partial charge is 0.486 e. The Morgan fingerprint density at radius 3 is 2.53 bits per heavy atom. The Morgan fingerprint density at radius 2 is 1.83 bits per heavy atom. The maximum absolute atomic E-state index is 11.7. The van der Waals surface area contributed by atoms with E-state index in [0.717, 1.165) is 59.5 Å². The Bertz CT molecular complexity index is 1150. The highest BCUT2D eigenvalue weighted by Crippen LogP contribution is 2.43. The summed E-state index contributed by atoms with van der Waals surface area (Å²) in [5.41, 5.74) is 8.97. The molecule has 1 saturated carbocycles. The summed E-state index contributed by atoms with van der Waals surface area (Å²) in [4.78, 5) is 11.7. The van der Waals surface area contributed by atoms with Crippen LogP contribution in [0.4, 0.5) is 5.69 Å². The quantitative estimate of drug-likeness (QED) is 0.292. The third-order valence-corrected chi connectivity index (χ3v) is 6.91. The van der Waals surface area contributed by atoms with Crippen LogP contribution in [-0.2, 0) is 9.53 Å². The van der Waals surface area contributed by atoms with E-state index in [1.165, 1.54) is 12.0 Å². The molecular formula is C28H35N3O4S. The van der Waals surface area contributed by atoms with Gasteiger partial charge in [-0.15, -0.1) is 0 Å². The number of carbonyl (C=O) groups is 1. The minimum absolute atomic E-state index is 0.147. The van der Waals surface area contributed by atoms with Crippen LogP contribution in [0.5, 0.6) is 11.5 Å². The third-order valence-electron chi connectivity index (χ3n) is 6.71. The van der Waals surface area contributed by atoms with E-state index in [-0.39, 0.29) is 12.2 Å². The number of hydrogen-bond acceptors (Lipinski definition) is 6. The van der Waals surface area contributed by atoms with Crippen molar-refractivity contribution in [3.63, 3.8) is 0 Å². The fourth-order valence-corrected chi connectivity index (χ4v) is 5.29. The smallest absolute Gasteiger partial charge is 0.344 e. The Morgan fingerprint density at radius 1 is 1.11 bits per heavy atom. The van der Waals surface area contributed by atoms with Crippen molar-refractivity contribution in [1.82, 2.24) is 5.43 Å². The number of aryl methyl sites for hydroxylation is 3. The summed E-state index contributed by atoms with van der Waals surface area (Å²) in [6.07, 6.45) is 6.19. The molecular weight excluding hydrogens is 474 g/mol. The number of hydrazone groups is 1. The predicted molar refractivity (Wildman–Crippen MR) is 146 cm³/mol. The van der Waals surface area contributed by atoms with Gasteiger partial charge in [0.1, 0.15) is 17.1 Å². The molecule has 2 aliphatic rings. The monoisotopic (exact) mass is 509 g/mol. The first-order chi connectivity index (χ1) is 17.3. The van der Waals surface area contributed by atoms with Crippen molar-refractivity contribution in [2.45, 2.75) is 71.8 Å². The van der Waals surface area contributed by atoms with Crippen molar-refractivity contribution >= 4 is 34.7 Å². The van der Waals surface area contributed by atoms with Gasteiger partial charge in [0.15, 0.2) is 11.7 Å². The van der Waals surface area contributed by atoms with E-state index in [4.69, 9.17) is 31.5 Å². The molecule has 0 atom stereocenters. The molecule has 192 valence electrons. The topological polar surface area (TPSA) is 81.2 Å². The second-order valence-corrected chi connectivity index (χ2v) is 10.1. The van der Waals surface area contributed by atoms with Crippen LogP contribution < -0.4 is 20.2 Å². The van der Waals surface area contributed by atoms with Gasteiger partial charge < -0.3 is 19.5 Å². The summed E-state index contributed by atoms with van der Waals surface area (Å²) in [5.74, 6) is 0.932. The Kier molecular flexibility index (Phi) is 8.14. The normalized spacial score (nSPS) is 17.2. The Labute approximate surface area is 218 Å². The lowest BCUT2D eigenvalue weighted by Crippen LogP contribution is -2.44. The van der Waals surface area contributed by atoms with E-state index in [1.807, 2.05) is 18.2 Å². The predicted octanol–water partition coefficient (Wildman–Crippen LogP) is 5.73. The van der Waals surface area contributed by atoms with Crippen LogP contribution in [0.1, 0.15) is 67.7 Å². The lowest BCUT2D eigenvalue weighted by Gasteiger charge is -2.41. The molecule has 0 aromatic heterocycles. The van der Waals surface area contributed by atoms with E-state index in [0.29, 0.717) is 23.9 Å². The maximum atomic E-state index is 11.7. The second kappa shape index (κ2) is 11.3. The first-order valence-electron chi connectivity index (χ1n) is 12.6. The molecule has 0 bridgehead atoms. The Hall–Kier alpha value is -3.13. The first-order valence-corrected chi connectivity index (χ1v) is 13.0. The summed E-state index contributed by atoms with van der Waals surface area (Å²) in [6, 6.07) is 9.85. The van der Waals surface area contributed by atoms with Crippen LogP contribution in [-0.4, -0.2) is 35.6 Å². The number of nitrogens with one attached hydrogen (secondary N) is 2. The molecule has 1 heterocycles. The zero-order valence-corrected chi connectivity index (χ0v) is 22.3.